The molecule has 0 aliphatic rings. The molecule has 0 bridgehead atoms. The summed E-state index contributed by atoms with van der Waals surface area (Å²) in [5, 5.41) is 2.28. The average Bonchev–Trinajstić information content (AvgIpc) is 3.02. The van der Waals surface area contributed by atoms with Crippen LogP contribution in [0.15, 0.2) is 52.9 Å². The van der Waals surface area contributed by atoms with Gasteiger partial charge in [0.25, 0.3) is 0 Å². The van der Waals surface area contributed by atoms with Crippen molar-refractivity contribution >= 4 is 10.8 Å². The number of hydrogen-bond acceptors (Lipinski definition) is 3. The fraction of sp³-hybridized carbons (Fsp3) is 0.222. The molecule has 3 nitrogen and oxygen atoms in total. The minimum absolute atomic E-state index is 0.239. The monoisotopic (exact) mass is 281 g/mol. The van der Waals surface area contributed by atoms with Gasteiger partial charge in [0.15, 0.2) is 0 Å². The number of fused-ring (bicyclic) bond motifs is 1. The molecule has 21 heavy (non-hydrogen) atoms. The normalized spacial score (nSPS) is 12.5. The highest BCUT2D eigenvalue weighted by molar-refractivity contribution is 5.84. The van der Waals surface area contributed by atoms with Gasteiger partial charge in [0.1, 0.15) is 17.3 Å². The summed E-state index contributed by atoms with van der Waals surface area (Å²) in [6.07, 6.45) is 0.879. The Balaban J connectivity index is 1.96. The highest BCUT2D eigenvalue weighted by Gasteiger charge is 2.13. The first-order chi connectivity index (χ1) is 10.2. The molecule has 0 spiro atoms. The topological polar surface area (TPSA) is 48.4 Å². The lowest BCUT2D eigenvalue weighted by Gasteiger charge is -2.11. The van der Waals surface area contributed by atoms with Crippen LogP contribution in [0.3, 0.4) is 0 Å². The molecule has 2 aromatic carbocycles. The van der Waals surface area contributed by atoms with Crippen molar-refractivity contribution in [3.8, 4) is 5.75 Å². The molecule has 1 heterocycles. The molecule has 108 valence electrons. The summed E-state index contributed by atoms with van der Waals surface area (Å²) in [4.78, 5) is 0. The zero-order valence-corrected chi connectivity index (χ0v) is 12.3. The predicted octanol–water partition coefficient (Wildman–Crippen LogP) is 4.05. The molecule has 1 unspecified atom stereocenters. The van der Waals surface area contributed by atoms with E-state index in [1.165, 1.54) is 0 Å². The van der Waals surface area contributed by atoms with Crippen molar-refractivity contribution in [2.24, 2.45) is 5.73 Å². The van der Waals surface area contributed by atoms with Gasteiger partial charge in [0.2, 0.25) is 0 Å². The molecule has 3 heteroatoms. The van der Waals surface area contributed by atoms with Gasteiger partial charge >= 0.3 is 0 Å². The molecule has 1 aromatic heterocycles. The van der Waals surface area contributed by atoms with E-state index in [2.05, 4.69) is 19.1 Å². The fourth-order valence-corrected chi connectivity index (χ4v) is 2.48. The standard InChI is InChI=1S/C18H19NO2/c1-3-15-8-9-17(21-15)18(19)14-5-4-13-11-16(20-2)7-6-12(13)10-14/h4-11,18H,3,19H2,1-2H3. The van der Waals surface area contributed by atoms with E-state index in [1.807, 2.05) is 36.4 Å². The third-order valence-electron chi connectivity index (χ3n) is 3.77. The Labute approximate surface area is 124 Å². The fourth-order valence-electron chi connectivity index (χ4n) is 2.48. The second kappa shape index (κ2) is 5.62. The average molecular weight is 281 g/mol. The molecule has 3 rings (SSSR count). The van der Waals surface area contributed by atoms with E-state index in [1.54, 1.807) is 7.11 Å². The van der Waals surface area contributed by atoms with Crippen molar-refractivity contribution in [3.63, 3.8) is 0 Å². The van der Waals surface area contributed by atoms with Crippen LogP contribution in [0.4, 0.5) is 0 Å². The van der Waals surface area contributed by atoms with E-state index < -0.39 is 0 Å². The van der Waals surface area contributed by atoms with Gasteiger partial charge in [0.05, 0.1) is 13.2 Å². The van der Waals surface area contributed by atoms with E-state index in [4.69, 9.17) is 14.9 Å². The second-order valence-corrected chi connectivity index (χ2v) is 5.11. The lowest BCUT2D eigenvalue weighted by Crippen LogP contribution is -2.10. The summed E-state index contributed by atoms with van der Waals surface area (Å²) in [6, 6.07) is 15.9. The van der Waals surface area contributed by atoms with Crippen LogP contribution in [0.25, 0.3) is 10.8 Å². The number of methoxy groups -OCH3 is 1. The maximum absolute atomic E-state index is 6.31. The molecule has 0 saturated carbocycles. The van der Waals surface area contributed by atoms with Crippen LogP contribution in [0, 0.1) is 0 Å². The van der Waals surface area contributed by atoms with E-state index >= 15 is 0 Å². The van der Waals surface area contributed by atoms with E-state index in [0.717, 1.165) is 40.0 Å². The van der Waals surface area contributed by atoms with Crippen molar-refractivity contribution < 1.29 is 9.15 Å². The number of furan rings is 1. The first-order valence-corrected chi connectivity index (χ1v) is 7.13. The molecular weight excluding hydrogens is 262 g/mol. The van der Waals surface area contributed by atoms with Crippen molar-refractivity contribution in [2.75, 3.05) is 7.11 Å². The Morgan fingerprint density at radius 1 is 1.05 bits per heavy atom. The third kappa shape index (κ3) is 2.65. The quantitative estimate of drug-likeness (QED) is 0.784. The van der Waals surface area contributed by atoms with Gasteiger partial charge in [0, 0.05) is 6.42 Å². The first kappa shape index (κ1) is 13.7. The lowest BCUT2D eigenvalue weighted by molar-refractivity contribution is 0.415. The van der Waals surface area contributed by atoms with E-state index in [-0.39, 0.29) is 6.04 Å². The summed E-state index contributed by atoms with van der Waals surface area (Å²) in [5.41, 5.74) is 7.36. The zero-order valence-electron chi connectivity index (χ0n) is 12.3. The largest absolute Gasteiger partial charge is 0.497 e. The summed E-state index contributed by atoms with van der Waals surface area (Å²) < 4.78 is 11.0. The minimum Gasteiger partial charge on any atom is -0.497 e. The molecular formula is C18H19NO2. The molecule has 2 N–H and O–H groups in total. The number of benzene rings is 2. The summed E-state index contributed by atoms with van der Waals surface area (Å²) in [6.45, 7) is 2.07. The predicted molar refractivity (Wildman–Crippen MR) is 84.6 cm³/mol. The van der Waals surface area contributed by atoms with E-state index in [9.17, 15) is 0 Å². The molecule has 0 amide bonds. The summed E-state index contributed by atoms with van der Waals surface area (Å²) in [5.74, 6) is 2.63. The van der Waals surface area contributed by atoms with Crippen LogP contribution < -0.4 is 10.5 Å². The van der Waals surface area contributed by atoms with Crippen LogP contribution in [0.2, 0.25) is 0 Å². The zero-order chi connectivity index (χ0) is 14.8. The highest BCUT2D eigenvalue weighted by Crippen LogP contribution is 2.27. The maximum atomic E-state index is 6.31. The Kier molecular flexibility index (Phi) is 3.67. The van der Waals surface area contributed by atoms with Gasteiger partial charge in [-0.1, -0.05) is 25.1 Å². The first-order valence-electron chi connectivity index (χ1n) is 7.13. The van der Waals surface area contributed by atoms with Crippen LogP contribution in [-0.4, -0.2) is 7.11 Å². The van der Waals surface area contributed by atoms with Crippen LogP contribution in [0.5, 0.6) is 5.75 Å². The number of hydrogen-bond donors (Lipinski definition) is 1. The number of aryl methyl sites for hydroxylation is 1. The van der Waals surface area contributed by atoms with Crippen molar-refractivity contribution in [1.82, 2.24) is 0 Å². The minimum atomic E-state index is -0.239. The van der Waals surface area contributed by atoms with Gasteiger partial charge in [-0.15, -0.1) is 0 Å². The smallest absolute Gasteiger partial charge is 0.125 e. The Morgan fingerprint density at radius 3 is 2.52 bits per heavy atom. The SMILES string of the molecule is CCc1ccc(C(N)c2ccc3cc(OC)ccc3c2)o1. The maximum Gasteiger partial charge on any atom is 0.125 e. The van der Waals surface area contributed by atoms with Crippen LogP contribution in [-0.2, 0) is 6.42 Å². The van der Waals surface area contributed by atoms with Crippen molar-refractivity contribution in [2.45, 2.75) is 19.4 Å². The molecule has 1 atom stereocenters. The molecule has 0 saturated heterocycles. The van der Waals surface area contributed by atoms with Gasteiger partial charge in [-0.25, -0.2) is 0 Å². The van der Waals surface area contributed by atoms with Crippen LogP contribution >= 0.6 is 0 Å². The summed E-state index contributed by atoms with van der Waals surface area (Å²) >= 11 is 0. The molecule has 0 fully saturated rings. The number of nitrogens with two attached hydrogens (primary N) is 1. The van der Waals surface area contributed by atoms with Gasteiger partial charge in [-0.3, -0.25) is 0 Å². The van der Waals surface area contributed by atoms with Gasteiger partial charge in [-0.05, 0) is 46.7 Å². The Bertz CT molecular complexity index is 761. The number of rotatable bonds is 4. The second-order valence-electron chi connectivity index (χ2n) is 5.11. The molecule has 0 aliphatic carbocycles. The lowest BCUT2D eigenvalue weighted by atomic mass is 10.0. The number of ether oxygens (including phenoxy) is 1. The van der Waals surface area contributed by atoms with Crippen molar-refractivity contribution in [1.29, 1.82) is 0 Å². The Hall–Kier alpha value is -2.26. The molecule has 3 aromatic rings. The summed E-state index contributed by atoms with van der Waals surface area (Å²) in [7, 11) is 1.67. The van der Waals surface area contributed by atoms with Gasteiger partial charge in [-0.2, -0.15) is 0 Å². The van der Waals surface area contributed by atoms with E-state index in [0.29, 0.717) is 0 Å². The third-order valence-corrected chi connectivity index (χ3v) is 3.77. The Morgan fingerprint density at radius 2 is 1.81 bits per heavy atom. The van der Waals surface area contributed by atoms with Crippen LogP contribution in [0.1, 0.15) is 30.0 Å². The van der Waals surface area contributed by atoms with Gasteiger partial charge < -0.3 is 14.9 Å². The van der Waals surface area contributed by atoms with Crippen molar-refractivity contribution in [3.05, 3.63) is 65.6 Å². The highest BCUT2D eigenvalue weighted by atomic mass is 16.5. The molecule has 0 radical (unpaired) electrons. The molecule has 0 aliphatic heterocycles.